The van der Waals surface area contributed by atoms with E-state index in [9.17, 15) is 9.90 Å². The van der Waals surface area contributed by atoms with Crippen LogP contribution in [0.15, 0.2) is 51.2 Å². The molecule has 0 bridgehead atoms. The molecule has 7 nitrogen and oxygen atoms in total. The minimum atomic E-state index is -0.235. The number of hydrogen-bond donors (Lipinski definition) is 1. The molecule has 2 aromatic rings. The van der Waals surface area contributed by atoms with Crippen LogP contribution in [0.1, 0.15) is 45.4 Å². The lowest BCUT2D eigenvalue weighted by molar-refractivity contribution is -0.0343. The third kappa shape index (κ3) is 7.05. The van der Waals surface area contributed by atoms with E-state index in [0.29, 0.717) is 29.9 Å². The zero-order valence-corrected chi connectivity index (χ0v) is 23.6. The first kappa shape index (κ1) is 30.2. The molecule has 1 heterocycles. The van der Waals surface area contributed by atoms with Gasteiger partial charge in [0, 0.05) is 38.2 Å². The summed E-state index contributed by atoms with van der Waals surface area (Å²) >= 11 is 0. The van der Waals surface area contributed by atoms with Crippen molar-refractivity contribution in [2.24, 2.45) is 11.8 Å². The maximum atomic E-state index is 13.2. The van der Waals surface area contributed by atoms with Crippen LogP contribution in [0.5, 0.6) is 17.2 Å². The van der Waals surface area contributed by atoms with Crippen LogP contribution in [0, 0.1) is 18.8 Å². The van der Waals surface area contributed by atoms with Crippen LogP contribution >= 0.6 is 0 Å². The van der Waals surface area contributed by atoms with E-state index in [-0.39, 0.29) is 51.9 Å². The summed E-state index contributed by atoms with van der Waals surface area (Å²) in [6.45, 7) is 10.0. The minimum Gasteiger partial charge on any atom is -0.502 e. The molecule has 0 unspecified atom stereocenters. The molecule has 0 amide bonds. The highest BCUT2D eigenvalue weighted by Gasteiger charge is 2.29. The average Bonchev–Trinajstić information content (AvgIpc) is 2.90. The SMILES string of the molecule is CC=C(C)C=CC=C[C@H](OC)[C@@H](C)[C@@H](OC)[C@@H](C)CCc1oc2c(O)c(OC)cc(OC)c2c(=O)c1C. The maximum absolute atomic E-state index is 13.2. The van der Waals surface area contributed by atoms with Gasteiger partial charge in [0.25, 0.3) is 0 Å². The van der Waals surface area contributed by atoms with Crippen molar-refractivity contribution in [1.29, 1.82) is 0 Å². The second-order valence-electron chi connectivity index (χ2n) is 9.37. The zero-order valence-electron chi connectivity index (χ0n) is 23.6. The monoisotopic (exact) mass is 514 g/mol. The fourth-order valence-corrected chi connectivity index (χ4v) is 4.61. The van der Waals surface area contributed by atoms with Gasteiger partial charge in [-0.1, -0.05) is 49.8 Å². The Morgan fingerprint density at radius 3 is 2.32 bits per heavy atom. The van der Waals surface area contributed by atoms with Crippen LogP contribution < -0.4 is 14.9 Å². The number of hydrogen-bond acceptors (Lipinski definition) is 7. The summed E-state index contributed by atoms with van der Waals surface area (Å²) in [7, 11) is 6.31. The van der Waals surface area contributed by atoms with E-state index < -0.39 is 0 Å². The van der Waals surface area contributed by atoms with Gasteiger partial charge in [-0.25, -0.2) is 0 Å². The molecule has 0 aliphatic heterocycles. The van der Waals surface area contributed by atoms with Gasteiger partial charge < -0.3 is 28.5 Å². The van der Waals surface area contributed by atoms with Crippen LogP contribution in [0.4, 0.5) is 0 Å². The fourth-order valence-electron chi connectivity index (χ4n) is 4.61. The van der Waals surface area contributed by atoms with E-state index in [2.05, 4.69) is 26.8 Å². The van der Waals surface area contributed by atoms with Crippen molar-refractivity contribution in [3.05, 3.63) is 63.6 Å². The number of ether oxygens (including phenoxy) is 4. The number of phenolic OH excluding ortho intramolecular Hbond substituents is 1. The Labute approximate surface area is 220 Å². The second kappa shape index (κ2) is 14.1. The summed E-state index contributed by atoms with van der Waals surface area (Å²) in [5.41, 5.74) is 1.51. The molecule has 0 radical (unpaired) electrons. The van der Waals surface area contributed by atoms with E-state index in [1.54, 1.807) is 21.1 Å². The Balaban J connectivity index is 2.27. The van der Waals surface area contributed by atoms with Gasteiger partial charge in [-0.05, 0) is 33.1 Å². The van der Waals surface area contributed by atoms with Gasteiger partial charge in [-0.3, -0.25) is 4.79 Å². The Kier molecular flexibility index (Phi) is 11.5. The van der Waals surface area contributed by atoms with Crippen molar-refractivity contribution in [2.75, 3.05) is 28.4 Å². The number of phenols is 1. The lowest BCUT2D eigenvalue weighted by atomic mass is 9.85. The number of fused-ring (bicyclic) bond motifs is 1. The Morgan fingerprint density at radius 1 is 1.08 bits per heavy atom. The molecule has 37 heavy (non-hydrogen) atoms. The van der Waals surface area contributed by atoms with Crippen LogP contribution in [0.3, 0.4) is 0 Å². The summed E-state index contributed by atoms with van der Waals surface area (Å²) in [5, 5.41) is 10.8. The normalized spacial score (nSPS) is 15.9. The molecule has 7 heteroatoms. The number of methoxy groups -OCH3 is 4. The summed E-state index contributed by atoms with van der Waals surface area (Å²) in [5.74, 6) is 0.995. The molecule has 1 aromatic carbocycles. The van der Waals surface area contributed by atoms with Gasteiger partial charge in [-0.2, -0.15) is 0 Å². The molecule has 0 aliphatic carbocycles. The molecule has 0 fully saturated rings. The van der Waals surface area contributed by atoms with Gasteiger partial charge in [0.05, 0.1) is 26.4 Å². The van der Waals surface area contributed by atoms with Crippen molar-refractivity contribution in [3.8, 4) is 17.2 Å². The molecule has 4 atom stereocenters. The molecular weight excluding hydrogens is 472 g/mol. The largest absolute Gasteiger partial charge is 0.502 e. The number of benzene rings is 1. The molecule has 0 spiro atoms. The molecule has 0 saturated carbocycles. The molecule has 204 valence electrons. The quantitative estimate of drug-likeness (QED) is 0.321. The first-order valence-corrected chi connectivity index (χ1v) is 12.6. The van der Waals surface area contributed by atoms with Gasteiger partial charge in [0.2, 0.25) is 5.75 Å². The highest BCUT2D eigenvalue weighted by atomic mass is 16.5. The van der Waals surface area contributed by atoms with Crippen LogP contribution in [-0.2, 0) is 15.9 Å². The van der Waals surface area contributed by atoms with Gasteiger partial charge in [-0.15, -0.1) is 0 Å². The van der Waals surface area contributed by atoms with Crippen molar-refractivity contribution >= 4 is 11.0 Å². The molecule has 0 aliphatic rings. The Bertz CT molecular complexity index is 1190. The van der Waals surface area contributed by atoms with E-state index in [1.165, 1.54) is 25.9 Å². The molecule has 2 rings (SSSR count). The van der Waals surface area contributed by atoms with Crippen molar-refractivity contribution in [3.63, 3.8) is 0 Å². The minimum absolute atomic E-state index is 0.0666. The topological polar surface area (TPSA) is 87.4 Å². The van der Waals surface area contributed by atoms with Crippen LogP contribution in [0.25, 0.3) is 11.0 Å². The summed E-state index contributed by atoms with van der Waals surface area (Å²) < 4.78 is 28.3. The molecule has 1 N–H and O–H groups in total. The van der Waals surface area contributed by atoms with E-state index >= 15 is 0 Å². The molecule has 1 aromatic heterocycles. The van der Waals surface area contributed by atoms with Gasteiger partial charge >= 0.3 is 0 Å². The van der Waals surface area contributed by atoms with Crippen molar-refractivity contribution < 1.29 is 28.5 Å². The lowest BCUT2D eigenvalue weighted by Gasteiger charge is -2.32. The van der Waals surface area contributed by atoms with Crippen LogP contribution in [0.2, 0.25) is 0 Å². The Morgan fingerprint density at radius 2 is 1.76 bits per heavy atom. The smallest absolute Gasteiger partial charge is 0.202 e. The third-order valence-electron chi connectivity index (χ3n) is 7.03. The first-order chi connectivity index (χ1) is 17.6. The number of aromatic hydroxyl groups is 1. The molecule has 0 saturated heterocycles. The first-order valence-electron chi connectivity index (χ1n) is 12.6. The standard InChI is InChI=1S/C30H42O7/c1-10-18(2)13-11-12-14-22(33-6)21(5)29(36-9)19(3)15-16-23-20(4)27(31)26-24(34-7)17-25(35-8)28(32)30(26)37-23/h10-14,17,19,21-22,29,32H,15-16H2,1-9H3/t19-,21+,22-,29-/m0/s1. The van der Waals surface area contributed by atoms with Crippen LogP contribution in [-0.4, -0.2) is 45.8 Å². The fraction of sp³-hybridized carbons (Fsp3) is 0.500. The third-order valence-corrected chi connectivity index (χ3v) is 7.03. The number of aryl methyl sites for hydroxylation is 1. The lowest BCUT2D eigenvalue weighted by Crippen LogP contribution is -2.36. The van der Waals surface area contributed by atoms with Gasteiger partial charge in [0.15, 0.2) is 16.8 Å². The second-order valence-corrected chi connectivity index (χ2v) is 9.37. The predicted molar refractivity (Wildman–Crippen MR) is 148 cm³/mol. The summed E-state index contributed by atoms with van der Waals surface area (Å²) in [6.07, 6.45) is 11.1. The van der Waals surface area contributed by atoms with E-state index in [1.807, 2.05) is 31.2 Å². The number of rotatable bonds is 13. The summed E-state index contributed by atoms with van der Waals surface area (Å²) in [4.78, 5) is 13.2. The number of allylic oxidation sites excluding steroid dienone is 5. The average molecular weight is 515 g/mol. The van der Waals surface area contributed by atoms with E-state index in [0.717, 1.165) is 0 Å². The molecular formula is C30H42O7. The van der Waals surface area contributed by atoms with Crippen molar-refractivity contribution in [2.45, 2.75) is 59.7 Å². The predicted octanol–water partition coefficient (Wildman–Crippen LogP) is 6.14. The van der Waals surface area contributed by atoms with Gasteiger partial charge in [0.1, 0.15) is 16.9 Å². The summed E-state index contributed by atoms with van der Waals surface area (Å²) in [6, 6.07) is 1.48. The highest BCUT2D eigenvalue weighted by Crippen LogP contribution is 2.40. The zero-order chi connectivity index (χ0) is 27.7. The highest BCUT2D eigenvalue weighted by molar-refractivity contribution is 5.91. The maximum Gasteiger partial charge on any atom is 0.202 e. The Hall–Kier alpha value is -3.03. The van der Waals surface area contributed by atoms with Crippen molar-refractivity contribution in [1.82, 2.24) is 0 Å². The van der Waals surface area contributed by atoms with E-state index in [4.69, 9.17) is 23.4 Å².